The summed E-state index contributed by atoms with van der Waals surface area (Å²) in [6.45, 7) is 1.70. The summed E-state index contributed by atoms with van der Waals surface area (Å²) in [6, 6.07) is 8.53. The van der Waals surface area contributed by atoms with Crippen molar-refractivity contribution in [3.8, 4) is 28.6 Å². The third kappa shape index (κ3) is 3.74. The van der Waals surface area contributed by atoms with Crippen LogP contribution in [0.15, 0.2) is 47.7 Å². The highest BCUT2D eigenvalue weighted by Gasteiger charge is 2.34. The normalized spacial score (nSPS) is 14.8. The maximum absolute atomic E-state index is 12.4. The number of anilines is 1. The number of nitro groups is 1. The second-order valence-electron chi connectivity index (χ2n) is 7.40. The molecule has 4 rings (SSSR count). The number of nitrogens with one attached hydrogen (secondary N) is 1. The van der Waals surface area contributed by atoms with Gasteiger partial charge in [0.05, 0.1) is 31.8 Å². The van der Waals surface area contributed by atoms with Crippen LogP contribution in [0.1, 0.15) is 18.5 Å². The van der Waals surface area contributed by atoms with Crippen molar-refractivity contribution in [3.05, 3.63) is 63.3 Å². The molecule has 12 heteroatoms. The zero-order chi connectivity index (χ0) is 24.6. The van der Waals surface area contributed by atoms with E-state index in [2.05, 4.69) is 15.4 Å². The lowest BCUT2D eigenvalue weighted by molar-refractivity contribution is -0.384. The highest BCUT2D eigenvalue weighted by Crippen LogP contribution is 2.42. The van der Waals surface area contributed by atoms with E-state index in [1.807, 2.05) is 0 Å². The number of allylic oxidation sites excluding steroid dienone is 1. The minimum atomic E-state index is -0.738. The Bertz CT molecular complexity index is 1290. The summed E-state index contributed by atoms with van der Waals surface area (Å²) in [6.07, 6.45) is 0. The van der Waals surface area contributed by atoms with E-state index in [-0.39, 0.29) is 11.3 Å². The number of amides is 1. The van der Waals surface area contributed by atoms with Gasteiger partial charge in [-0.1, -0.05) is 0 Å². The summed E-state index contributed by atoms with van der Waals surface area (Å²) < 4.78 is 17.7. The number of rotatable bonds is 7. The van der Waals surface area contributed by atoms with Gasteiger partial charge in [-0.2, -0.15) is 4.98 Å². The van der Waals surface area contributed by atoms with Crippen molar-refractivity contribution < 1.29 is 23.9 Å². The SMILES string of the molecule is COc1cc(-c2nc3n(n2)C(c2ccc([N+](=O)[O-])cc2)C(C(N)=O)=C(C)N3)cc(OC)c1OC. The van der Waals surface area contributed by atoms with Crippen molar-refractivity contribution >= 4 is 17.5 Å². The van der Waals surface area contributed by atoms with Crippen LogP contribution in [0.5, 0.6) is 17.2 Å². The molecule has 2 aromatic carbocycles. The van der Waals surface area contributed by atoms with Gasteiger partial charge in [-0.25, -0.2) is 4.68 Å². The summed E-state index contributed by atoms with van der Waals surface area (Å²) >= 11 is 0. The number of carbonyl (C=O) groups excluding carboxylic acids is 1. The molecule has 0 spiro atoms. The van der Waals surface area contributed by atoms with E-state index >= 15 is 0 Å². The van der Waals surface area contributed by atoms with Crippen LogP contribution >= 0.6 is 0 Å². The summed E-state index contributed by atoms with van der Waals surface area (Å²) in [5.41, 5.74) is 7.56. The average Bonchev–Trinajstić information content (AvgIpc) is 3.25. The van der Waals surface area contributed by atoms with Gasteiger partial charge in [0.25, 0.3) is 5.69 Å². The second kappa shape index (κ2) is 8.73. The zero-order valence-electron chi connectivity index (χ0n) is 18.9. The number of aromatic nitrogens is 3. The van der Waals surface area contributed by atoms with Gasteiger partial charge in [-0.05, 0) is 36.8 Å². The van der Waals surface area contributed by atoms with E-state index in [1.165, 1.54) is 38.1 Å². The molecule has 1 unspecified atom stereocenters. The first-order valence-electron chi connectivity index (χ1n) is 10.1. The number of benzene rings is 2. The molecule has 12 nitrogen and oxygen atoms in total. The molecule has 0 saturated heterocycles. The van der Waals surface area contributed by atoms with E-state index in [0.29, 0.717) is 45.8 Å². The number of carbonyl (C=O) groups is 1. The van der Waals surface area contributed by atoms with Crippen molar-refractivity contribution in [2.45, 2.75) is 13.0 Å². The fraction of sp³-hybridized carbons (Fsp3) is 0.227. The third-order valence-corrected chi connectivity index (χ3v) is 5.46. The Kier molecular flexibility index (Phi) is 5.80. The molecule has 3 aromatic rings. The number of fused-ring (bicyclic) bond motifs is 1. The van der Waals surface area contributed by atoms with Crippen molar-refractivity contribution in [3.63, 3.8) is 0 Å². The number of hydrogen-bond donors (Lipinski definition) is 2. The lowest BCUT2D eigenvalue weighted by Crippen LogP contribution is -2.31. The smallest absolute Gasteiger partial charge is 0.269 e. The van der Waals surface area contributed by atoms with Crippen LogP contribution in [0.3, 0.4) is 0 Å². The number of methoxy groups -OCH3 is 3. The Hall–Kier alpha value is -4.61. The fourth-order valence-corrected chi connectivity index (χ4v) is 3.89. The quantitative estimate of drug-likeness (QED) is 0.394. The van der Waals surface area contributed by atoms with Crippen LogP contribution in [-0.4, -0.2) is 46.9 Å². The van der Waals surface area contributed by atoms with E-state index in [9.17, 15) is 14.9 Å². The highest BCUT2D eigenvalue weighted by atomic mass is 16.6. The first-order valence-corrected chi connectivity index (χ1v) is 10.1. The van der Waals surface area contributed by atoms with Gasteiger partial charge in [0, 0.05) is 23.4 Å². The average molecular weight is 466 g/mol. The molecule has 1 aromatic heterocycles. The molecule has 3 N–H and O–H groups in total. The van der Waals surface area contributed by atoms with Crippen LogP contribution in [0.4, 0.5) is 11.6 Å². The fourth-order valence-electron chi connectivity index (χ4n) is 3.89. The van der Waals surface area contributed by atoms with E-state index < -0.39 is 16.9 Å². The Morgan fingerprint density at radius 3 is 2.24 bits per heavy atom. The minimum Gasteiger partial charge on any atom is -0.493 e. The number of nitrogens with zero attached hydrogens (tertiary/aromatic N) is 4. The molecule has 2 heterocycles. The monoisotopic (exact) mass is 466 g/mol. The van der Waals surface area contributed by atoms with Gasteiger partial charge < -0.3 is 25.3 Å². The summed E-state index contributed by atoms with van der Waals surface area (Å²) in [5, 5.41) is 18.8. The van der Waals surface area contributed by atoms with Gasteiger partial charge in [0.1, 0.15) is 6.04 Å². The third-order valence-electron chi connectivity index (χ3n) is 5.46. The molecule has 0 bridgehead atoms. The van der Waals surface area contributed by atoms with Crippen molar-refractivity contribution in [1.82, 2.24) is 14.8 Å². The predicted octanol–water partition coefficient (Wildman–Crippen LogP) is 2.65. The molecule has 1 aliphatic heterocycles. The van der Waals surface area contributed by atoms with Gasteiger partial charge in [0.15, 0.2) is 17.3 Å². The summed E-state index contributed by atoms with van der Waals surface area (Å²) in [7, 11) is 4.52. The number of nitro benzene ring substituents is 1. The second-order valence-corrected chi connectivity index (χ2v) is 7.40. The topological polar surface area (TPSA) is 157 Å². The first-order chi connectivity index (χ1) is 16.3. The molecular weight excluding hydrogens is 444 g/mol. The number of hydrogen-bond acceptors (Lipinski definition) is 9. The Balaban J connectivity index is 1.86. The molecule has 1 atom stereocenters. The largest absolute Gasteiger partial charge is 0.493 e. The lowest BCUT2D eigenvalue weighted by Gasteiger charge is -2.27. The molecule has 0 saturated carbocycles. The standard InChI is InChI=1S/C22H22N6O6/c1-11-17(20(23)29)18(12-5-7-14(8-6-12)28(30)31)27-22(24-11)25-21(26-27)13-9-15(32-2)19(34-4)16(10-13)33-3/h5-10,18H,1-4H3,(H2,23,29)(H,24,25,26). The maximum Gasteiger partial charge on any atom is 0.269 e. The van der Waals surface area contributed by atoms with Crippen LogP contribution in [0, 0.1) is 10.1 Å². The van der Waals surface area contributed by atoms with Gasteiger partial charge in [-0.15, -0.1) is 5.10 Å². The van der Waals surface area contributed by atoms with E-state index in [1.54, 1.807) is 31.2 Å². The summed E-state index contributed by atoms with van der Waals surface area (Å²) in [4.78, 5) is 27.5. The molecular formula is C22H22N6O6. The predicted molar refractivity (Wildman–Crippen MR) is 122 cm³/mol. The molecule has 0 radical (unpaired) electrons. The molecule has 0 aliphatic carbocycles. The van der Waals surface area contributed by atoms with Crippen LogP contribution in [0.25, 0.3) is 11.4 Å². The van der Waals surface area contributed by atoms with Crippen molar-refractivity contribution in [2.75, 3.05) is 26.6 Å². The molecule has 1 amide bonds. The Labute approximate surface area is 194 Å². The molecule has 176 valence electrons. The summed E-state index contributed by atoms with van der Waals surface area (Å²) in [5.74, 6) is 1.33. The number of ether oxygens (including phenoxy) is 3. The van der Waals surface area contributed by atoms with E-state index in [0.717, 1.165) is 0 Å². The van der Waals surface area contributed by atoms with Gasteiger partial charge in [0.2, 0.25) is 17.6 Å². The molecule has 34 heavy (non-hydrogen) atoms. The number of non-ortho nitro benzene ring substituents is 1. The lowest BCUT2D eigenvalue weighted by atomic mass is 9.95. The molecule has 1 aliphatic rings. The van der Waals surface area contributed by atoms with Crippen molar-refractivity contribution in [1.29, 1.82) is 0 Å². The van der Waals surface area contributed by atoms with Crippen molar-refractivity contribution in [2.24, 2.45) is 5.73 Å². The van der Waals surface area contributed by atoms with Crippen LogP contribution in [0.2, 0.25) is 0 Å². The Morgan fingerprint density at radius 1 is 1.12 bits per heavy atom. The van der Waals surface area contributed by atoms with Crippen LogP contribution < -0.4 is 25.3 Å². The van der Waals surface area contributed by atoms with Crippen LogP contribution in [-0.2, 0) is 4.79 Å². The molecule has 0 fully saturated rings. The van der Waals surface area contributed by atoms with E-state index in [4.69, 9.17) is 19.9 Å². The minimum absolute atomic E-state index is 0.0732. The first kappa shape index (κ1) is 22.6. The van der Waals surface area contributed by atoms with Gasteiger partial charge >= 0.3 is 0 Å². The number of nitrogens with two attached hydrogens (primary N) is 1. The Morgan fingerprint density at radius 2 is 1.74 bits per heavy atom. The maximum atomic E-state index is 12.4. The zero-order valence-corrected chi connectivity index (χ0v) is 18.9. The highest BCUT2D eigenvalue weighted by molar-refractivity contribution is 5.95. The number of primary amides is 1. The van der Waals surface area contributed by atoms with Gasteiger partial charge in [-0.3, -0.25) is 14.9 Å².